The van der Waals surface area contributed by atoms with Crippen LogP contribution in [-0.2, 0) is 4.79 Å². The quantitative estimate of drug-likeness (QED) is 0.392. The largest absolute Gasteiger partial charge is 0.353 e. The van der Waals surface area contributed by atoms with Crippen molar-refractivity contribution in [3.05, 3.63) is 6.54 Å². The average Bonchev–Trinajstić information content (AvgIpc) is 1.69. The van der Waals surface area contributed by atoms with Gasteiger partial charge in [-0.3, -0.25) is 4.79 Å². The molecule has 0 saturated heterocycles. The van der Waals surface area contributed by atoms with Gasteiger partial charge in [0, 0.05) is 0 Å². The first-order valence-corrected chi connectivity index (χ1v) is 1.80. The van der Waals surface area contributed by atoms with Crippen molar-refractivity contribution in [2.45, 2.75) is 6.42 Å². The number of nitrogens with zero attached hydrogens (tertiary/aromatic N) is 1. The summed E-state index contributed by atoms with van der Waals surface area (Å²) >= 11 is 0. The third-order valence-electron chi connectivity index (χ3n) is 0.379. The van der Waals surface area contributed by atoms with Crippen LogP contribution in [0.25, 0.3) is 0 Å². The fraction of sp³-hybridized carbons (Fsp3) is 0.250. The van der Waals surface area contributed by atoms with Crippen LogP contribution < -0.4 is 5.32 Å². The average molecular weight is 97.1 g/mol. The lowest BCUT2D eigenvalue weighted by molar-refractivity contribution is -0.109. The van der Waals surface area contributed by atoms with E-state index in [-0.39, 0.29) is 6.42 Å². The molecule has 37 valence electrons. The minimum atomic E-state index is 0.263. The molecule has 0 atom stereocenters. The van der Waals surface area contributed by atoms with Crippen molar-refractivity contribution < 1.29 is 4.79 Å². The Bertz CT molecular complexity index is 84.2. The summed E-state index contributed by atoms with van der Waals surface area (Å²) < 4.78 is 0. The van der Waals surface area contributed by atoms with E-state index in [2.05, 4.69) is 5.32 Å². The first-order valence-electron chi connectivity index (χ1n) is 1.80. The van der Waals surface area contributed by atoms with Crippen LogP contribution in [0.1, 0.15) is 6.42 Å². The number of nitrogens with one attached hydrogen (secondary N) is 1. The third kappa shape index (κ3) is 4.96. The number of carbonyl (C=O) groups is 1. The van der Waals surface area contributed by atoms with Crippen LogP contribution in [0.3, 0.4) is 0 Å². The van der Waals surface area contributed by atoms with E-state index in [0.717, 1.165) is 0 Å². The molecular formula is C4H5N2O. The summed E-state index contributed by atoms with van der Waals surface area (Å²) in [7, 11) is 0. The van der Waals surface area contributed by atoms with Crippen molar-refractivity contribution in [2.75, 3.05) is 0 Å². The molecule has 0 fully saturated rings. The van der Waals surface area contributed by atoms with Gasteiger partial charge in [-0.25, -0.2) is 0 Å². The van der Waals surface area contributed by atoms with Gasteiger partial charge in [0.15, 0.2) is 0 Å². The molecule has 1 amide bonds. The summed E-state index contributed by atoms with van der Waals surface area (Å²) in [6, 6.07) is 1.83. The predicted octanol–water partition coefficient (Wildman–Crippen LogP) is -0.192. The highest BCUT2D eigenvalue weighted by atomic mass is 16.1. The molecule has 0 heterocycles. The van der Waals surface area contributed by atoms with Crippen LogP contribution in [0.2, 0.25) is 0 Å². The Labute approximate surface area is 41.9 Å². The molecule has 0 rings (SSSR count). The summed E-state index contributed by atoms with van der Waals surface area (Å²) in [4.78, 5) is 9.43. The maximum atomic E-state index is 9.43. The van der Waals surface area contributed by atoms with E-state index >= 15 is 0 Å². The second-order valence-electron chi connectivity index (χ2n) is 0.851. The van der Waals surface area contributed by atoms with Gasteiger partial charge in [-0.15, -0.1) is 0 Å². The summed E-state index contributed by atoms with van der Waals surface area (Å²) in [6.45, 7) is 1.38. The molecule has 7 heavy (non-hydrogen) atoms. The van der Waals surface area contributed by atoms with Crippen molar-refractivity contribution in [1.82, 2.24) is 5.32 Å². The van der Waals surface area contributed by atoms with Crippen LogP contribution in [-0.4, -0.2) is 6.41 Å². The molecule has 3 nitrogen and oxygen atoms in total. The molecule has 0 aliphatic carbocycles. The van der Waals surface area contributed by atoms with E-state index in [1.165, 1.54) is 6.54 Å². The fourth-order valence-corrected chi connectivity index (χ4v) is 0.153. The zero-order valence-corrected chi connectivity index (χ0v) is 3.72. The van der Waals surface area contributed by atoms with E-state index in [1.54, 1.807) is 0 Å². The highest BCUT2D eigenvalue weighted by Crippen LogP contribution is 1.72. The Hall–Kier alpha value is -1.04. The van der Waals surface area contributed by atoms with Crippen LogP contribution >= 0.6 is 0 Å². The molecule has 3 heteroatoms. The van der Waals surface area contributed by atoms with Crippen LogP contribution in [0, 0.1) is 17.9 Å². The Morgan fingerprint density at radius 3 is 3.00 bits per heavy atom. The Morgan fingerprint density at radius 2 is 2.57 bits per heavy atom. The zero-order valence-electron chi connectivity index (χ0n) is 3.72. The molecule has 0 aromatic carbocycles. The normalized spacial score (nSPS) is 6.71. The van der Waals surface area contributed by atoms with E-state index in [4.69, 9.17) is 5.26 Å². The van der Waals surface area contributed by atoms with Gasteiger partial charge in [0.05, 0.1) is 19.0 Å². The van der Waals surface area contributed by atoms with Crippen LogP contribution in [0.4, 0.5) is 0 Å². The molecule has 0 aromatic rings. The van der Waals surface area contributed by atoms with Gasteiger partial charge in [-0.2, -0.15) is 5.26 Å². The molecule has 0 aliphatic rings. The number of hydrogen-bond acceptors (Lipinski definition) is 2. The molecule has 1 radical (unpaired) electrons. The molecule has 1 N–H and O–H groups in total. The number of nitriles is 1. The fourth-order valence-electron chi connectivity index (χ4n) is 0.153. The SMILES string of the molecule is N#CC[CH]NC=O. The highest BCUT2D eigenvalue weighted by Gasteiger charge is 1.76. The molecular weight excluding hydrogens is 92.1 g/mol. The Morgan fingerprint density at radius 1 is 1.86 bits per heavy atom. The van der Waals surface area contributed by atoms with Gasteiger partial charge in [-0.05, 0) is 0 Å². The highest BCUT2D eigenvalue weighted by molar-refractivity contribution is 5.47. The van der Waals surface area contributed by atoms with E-state index in [0.29, 0.717) is 6.41 Å². The first kappa shape index (κ1) is 5.96. The molecule has 0 saturated carbocycles. The van der Waals surface area contributed by atoms with Crippen LogP contribution in [0.15, 0.2) is 0 Å². The molecule has 0 unspecified atom stereocenters. The van der Waals surface area contributed by atoms with Crippen molar-refractivity contribution in [3.8, 4) is 6.07 Å². The smallest absolute Gasteiger partial charge is 0.207 e. The van der Waals surface area contributed by atoms with Crippen molar-refractivity contribution in [1.29, 1.82) is 5.26 Å². The minimum absolute atomic E-state index is 0.263. The number of amides is 1. The summed E-state index contributed by atoms with van der Waals surface area (Å²) in [6.07, 6.45) is 0.788. The predicted molar refractivity (Wildman–Crippen MR) is 23.7 cm³/mol. The van der Waals surface area contributed by atoms with Crippen molar-refractivity contribution in [3.63, 3.8) is 0 Å². The Balaban J connectivity index is 2.72. The standard InChI is InChI=1S/C4H5N2O/c5-2-1-3-6-4-7/h3-4H,1H2,(H,6,7). The topological polar surface area (TPSA) is 52.9 Å². The number of rotatable bonds is 3. The lowest BCUT2D eigenvalue weighted by Crippen LogP contribution is -2.04. The molecule has 0 bridgehead atoms. The zero-order chi connectivity index (χ0) is 5.54. The molecule has 0 aromatic heterocycles. The van der Waals surface area contributed by atoms with Gasteiger partial charge >= 0.3 is 0 Å². The summed E-state index contributed by atoms with van der Waals surface area (Å²) in [5.41, 5.74) is 0. The maximum absolute atomic E-state index is 9.43. The van der Waals surface area contributed by atoms with Gasteiger partial charge in [0.1, 0.15) is 0 Å². The van der Waals surface area contributed by atoms with Crippen LogP contribution in [0.5, 0.6) is 0 Å². The number of carbonyl (C=O) groups excluding carboxylic acids is 1. The van der Waals surface area contributed by atoms with E-state index in [1.807, 2.05) is 6.07 Å². The van der Waals surface area contributed by atoms with Crippen molar-refractivity contribution >= 4 is 6.41 Å². The summed E-state index contributed by atoms with van der Waals surface area (Å²) in [5.74, 6) is 0. The number of hydrogen-bond donors (Lipinski definition) is 1. The van der Waals surface area contributed by atoms with E-state index < -0.39 is 0 Å². The van der Waals surface area contributed by atoms with Gasteiger partial charge in [-0.1, -0.05) is 0 Å². The van der Waals surface area contributed by atoms with Gasteiger partial charge in [0.25, 0.3) is 0 Å². The first-order chi connectivity index (χ1) is 3.41. The lowest BCUT2D eigenvalue weighted by atomic mass is 10.5. The molecule has 0 spiro atoms. The van der Waals surface area contributed by atoms with Gasteiger partial charge in [0.2, 0.25) is 6.41 Å². The van der Waals surface area contributed by atoms with Gasteiger partial charge < -0.3 is 5.32 Å². The lowest BCUT2D eigenvalue weighted by Gasteiger charge is -1.83. The van der Waals surface area contributed by atoms with Crippen molar-refractivity contribution in [2.24, 2.45) is 0 Å². The maximum Gasteiger partial charge on any atom is 0.207 e. The second-order valence-corrected chi connectivity index (χ2v) is 0.851. The monoisotopic (exact) mass is 97.0 g/mol. The molecule has 0 aliphatic heterocycles. The Kier molecular flexibility index (Phi) is 4.22. The second kappa shape index (κ2) is 4.96. The summed E-state index contributed by atoms with van der Waals surface area (Å²) in [5, 5.41) is 10.1. The van der Waals surface area contributed by atoms with E-state index in [9.17, 15) is 4.79 Å². The third-order valence-corrected chi connectivity index (χ3v) is 0.379. The minimum Gasteiger partial charge on any atom is -0.353 e.